The lowest BCUT2D eigenvalue weighted by atomic mass is 9.85. The van der Waals surface area contributed by atoms with E-state index in [0.29, 0.717) is 18.1 Å². The largest absolute Gasteiger partial charge is 0.507 e. The van der Waals surface area contributed by atoms with Crippen LogP contribution in [-0.2, 0) is 10.2 Å². The van der Waals surface area contributed by atoms with Gasteiger partial charge in [-0.15, -0.1) is 0 Å². The highest BCUT2D eigenvalue weighted by Gasteiger charge is 2.21. The molecule has 0 amide bonds. The molecular weight excluding hydrogens is 276 g/mol. The fourth-order valence-electron chi connectivity index (χ4n) is 2.38. The Hall–Kier alpha value is -1.51. The molecule has 0 unspecified atom stereocenters. The molecule has 1 aromatic rings. The Morgan fingerprint density at radius 1 is 1.23 bits per heavy atom. The minimum Gasteiger partial charge on any atom is -0.507 e. The minimum absolute atomic E-state index is 0.200. The first-order chi connectivity index (χ1) is 10.1. The predicted molar refractivity (Wildman–Crippen MR) is 90.5 cm³/mol. The summed E-state index contributed by atoms with van der Waals surface area (Å²) in [5.41, 5.74) is 1.33. The van der Waals surface area contributed by atoms with Gasteiger partial charge in [-0.25, -0.2) is 0 Å². The van der Waals surface area contributed by atoms with E-state index in [1.807, 2.05) is 27.7 Å². The van der Waals surface area contributed by atoms with Crippen LogP contribution in [-0.4, -0.2) is 11.1 Å². The maximum absolute atomic E-state index is 11.9. The summed E-state index contributed by atoms with van der Waals surface area (Å²) in [6.45, 7) is 12.3. The third kappa shape index (κ3) is 5.70. The molecule has 0 aliphatic carbocycles. The number of carbonyl (C=O) groups is 1. The summed E-state index contributed by atoms with van der Waals surface area (Å²) in [4.78, 5) is 11.9. The molecule has 0 saturated carbocycles. The molecule has 0 aliphatic rings. The van der Waals surface area contributed by atoms with Crippen LogP contribution >= 0.6 is 0 Å². The Morgan fingerprint density at radius 2 is 1.86 bits per heavy atom. The zero-order valence-electron chi connectivity index (χ0n) is 14.8. The van der Waals surface area contributed by atoms with Crippen molar-refractivity contribution in [1.82, 2.24) is 0 Å². The number of hydrogen-bond donors (Lipinski definition) is 1. The molecule has 3 nitrogen and oxygen atoms in total. The monoisotopic (exact) mass is 306 g/mol. The van der Waals surface area contributed by atoms with E-state index in [1.54, 1.807) is 12.1 Å². The highest BCUT2D eigenvalue weighted by atomic mass is 16.5. The Morgan fingerprint density at radius 3 is 2.41 bits per heavy atom. The first-order valence-electron chi connectivity index (χ1n) is 8.16. The average Bonchev–Trinajstić information content (AvgIpc) is 2.37. The van der Waals surface area contributed by atoms with Crippen molar-refractivity contribution in [2.75, 3.05) is 0 Å². The molecule has 1 aromatic carbocycles. The Labute approximate surface area is 134 Å². The Kier molecular flexibility index (Phi) is 6.46. The van der Waals surface area contributed by atoms with Crippen LogP contribution < -0.4 is 4.74 Å². The van der Waals surface area contributed by atoms with Gasteiger partial charge in [0.15, 0.2) is 0 Å². The van der Waals surface area contributed by atoms with Crippen LogP contribution in [0.1, 0.15) is 71.4 Å². The first kappa shape index (κ1) is 18.5. The lowest BCUT2D eigenvalue weighted by Crippen LogP contribution is -2.13. The van der Waals surface area contributed by atoms with Gasteiger partial charge < -0.3 is 9.84 Å². The summed E-state index contributed by atoms with van der Waals surface area (Å²) < 4.78 is 5.44. The summed E-state index contributed by atoms with van der Waals surface area (Å²) in [5.74, 6) is 1.28. The molecule has 124 valence electrons. The molecule has 0 atom stereocenters. The molecule has 0 heterocycles. The fourth-order valence-corrected chi connectivity index (χ4v) is 2.38. The molecule has 0 aromatic heterocycles. The van der Waals surface area contributed by atoms with E-state index in [1.165, 1.54) is 0 Å². The van der Waals surface area contributed by atoms with Crippen molar-refractivity contribution in [2.24, 2.45) is 5.92 Å². The highest BCUT2D eigenvalue weighted by molar-refractivity contribution is 5.72. The molecular formula is C19H30O3. The van der Waals surface area contributed by atoms with Gasteiger partial charge in [-0.1, -0.05) is 47.5 Å². The van der Waals surface area contributed by atoms with Crippen molar-refractivity contribution in [3.63, 3.8) is 0 Å². The van der Waals surface area contributed by atoms with E-state index >= 15 is 0 Å². The second-order valence-electron chi connectivity index (χ2n) is 7.50. The van der Waals surface area contributed by atoms with Gasteiger partial charge in [-0.2, -0.15) is 0 Å². The van der Waals surface area contributed by atoms with Crippen LogP contribution in [0.25, 0.3) is 0 Å². The Balaban J connectivity index is 2.70. The number of aromatic hydroxyl groups is 1. The minimum atomic E-state index is -0.200. The van der Waals surface area contributed by atoms with Crippen molar-refractivity contribution < 1.29 is 14.6 Å². The lowest BCUT2D eigenvalue weighted by Gasteiger charge is -2.22. The quantitative estimate of drug-likeness (QED) is 0.451. The number of hydrogen-bond acceptors (Lipinski definition) is 3. The molecule has 0 radical (unpaired) electrons. The summed E-state index contributed by atoms with van der Waals surface area (Å²) in [6.07, 6.45) is 3.49. The van der Waals surface area contributed by atoms with Crippen LogP contribution in [0.15, 0.2) is 12.1 Å². The topological polar surface area (TPSA) is 46.5 Å². The zero-order valence-corrected chi connectivity index (χ0v) is 14.8. The van der Waals surface area contributed by atoms with Crippen molar-refractivity contribution in [3.05, 3.63) is 23.3 Å². The average molecular weight is 306 g/mol. The smallest absolute Gasteiger partial charge is 0.311 e. The third-order valence-corrected chi connectivity index (χ3v) is 3.73. The van der Waals surface area contributed by atoms with Crippen LogP contribution in [0.4, 0.5) is 0 Å². The van der Waals surface area contributed by atoms with Gasteiger partial charge >= 0.3 is 5.97 Å². The van der Waals surface area contributed by atoms with Crippen LogP contribution in [0.2, 0.25) is 0 Å². The summed E-state index contributed by atoms with van der Waals surface area (Å²) >= 11 is 0. The van der Waals surface area contributed by atoms with Gasteiger partial charge in [0.1, 0.15) is 11.5 Å². The third-order valence-electron chi connectivity index (χ3n) is 3.73. The summed E-state index contributed by atoms with van der Waals surface area (Å²) in [5, 5.41) is 10.2. The molecule has 0 fully saturated rings. The van der Waals surface area contributed by atoms with Gasteiger partial charge in [0, 0.05) is 12.0 Å². The van der Waals surface area contributed by atoms with Crippen LogP contribution in [0.5, 0.6) is 11.5 Å². The van der Waals surface area contributed by atoms with Crippen molar-refractivity contribution in [2.45, 2.75) is 72.6 Å². The fraction of sp³-hybridized carbons (Fsp3) is 0.632. The zero-order chi connectivity index (χ0) is 16.9. The van der Waals surface area contributed by atoms with Gasteiger partial charge in [0.2, 0.25) is 0 Å². The van der Waals surface area contributed by atoms with Crippen molar-refractivity contribution in [1.29, 1.82) is 0 Å². The lowest BCUT2D eigenvalue weighted by molar-refractivity contribution is -0.134. The normalized spacial score (nSPS) is 11.8. The van der Waals surface area contributed by atoms with E-state index in [4.69, 9.17) is 4.74 Å². The number of rotatable bonds is 6. The molecule has 0 aliphatic heterocycles. The van der Waals surface area contributed by atoms with Crippen LogP contribution in [0.3, 0.4) is 0 Å². The molecule has 3 heteroatoms. The van der Waals surface area contributed by atoms with E-state index in [0.717, 1.165) is 30.4 Å². The van der Waals surface area contributed by atoms with E-state index < -0.39 is 0 Å². The van der Waals surface area contributed by atoms with E-state index in [2.05, 4.69) is 13.8 Å². The number of carbonyl (C=O) groups excluding carboxylic acids is 1. The number of aryl methyl sites for hydroxylation is 1. The van der Waals surface area contributed by atoms with Gasteiger partial charge in [-0.3, -0.25) is 4.79 Å². The first-order valence-corrected chi connectivity index (χ1v) is 8.16. The standard InChI is InChI=1S/C19H30O3/c1-13(2)9-7-8-10-17(20)22-15-11-14(3)18(21)16(12-15)19(4,5)6/h11-13,21H,7-10H2,1-6H3. The summed E-state index contributed by atoms with van der Waals surface area (Å²) in [7, 11) is 0. The number of esters is 1. The number of phenols is 1. The highest BCUT2D eigenvalue weighted by Crippen LogP contribution is 2.36. The number of phenolic OH excluding ortho intramolecular Hbond substituents is 1. The number of benzene rings is 1. The predicted octanol–water partition coefficient (Wildman–Crippen LogP) is 5.12. The summed E-state index contributed by atoms with van der Waals surface area (Å²) in [6, 6.07) is 3.49. The molecule has 0 spiro atoms. The van der Waals surface area contributed by atoms with E-state index in [9.17, 15) is 9.90 Å². The second kappa shape index (κ2) is 7.66. The number of unbranched alkanes of at least 4 members (excludes halogenated alkanes) is 1. The van der Waals surface area contributed by atoms with Crippen LogP contribution in [0, 0.1) is 12.8 Å². The maximum atomic E-state index is 11.9. The van der Waals surface area contributed by atoms with Crippen molar-refractivity contribution in [3.8, 4) is 11.5 Å². The second-order valence-corrected chi connectivity index (χ2v) is 7.50. The van der Waals surface area contributed by atoms with Gasteiger partial charge in [0.25, 0.3) is 0 Å². The molecule has 22 heavy (non-hydrogen) atoms. The number of ether oxygens (including phenoxy) is 1. The molecule has 1 N–H and O–H groups in total. The molecule has 0 saturated heterocycles. The SMILES string of the molecule is Cc1cc(OC(=O)CCCCC(C)C)cc(C(C)(C)C)c1O. The molecule has 0 bridgehead atoms. The van der Waals surface area contributed by atoms with E-state index in [-0.39, 0.29) is 17.1 Å². The maximum Gasteiger partial charge on any atom is 0.311 e. The Bertz CT molecular complexity index is 510. The van der Waals surface area contributed by atoms with Crippen molar-refractivity contribution >= 4 is 5.97 Å². The van der Waals surface area contributed by atoms with Gasteiger partial charge in [0.05, 0.1) is 0 Å². The van der Waals surface area contributed by atoms with Gasteiger partial charge in [-0.05, 0) is 42.4 Å². The molecule has 1 rings (SSSR count).